The van der Waals surface area contributed by atoms with E-state index in [9.17, 15) is 21.6 Å². The van der Waals surface area contributed by atoms with Gasteiger partial charge in [-0.1, -0.05) is 35.9 Å². The lowest BCUT2D eigenvalue weighted by Gasteiger charge is -2.20. The summed E-state index contributed by atoms with van der Waals surface area (Å²) in [5.74, 6) is 0.00443. The Balaban J connectivity index is 1.56. The van der Waals surface area contributed by atoms with E-state index in [1.165, 1.54) is 12.1 Å². The van der Waals surface area contributed by atoms with Crippen LogP contribution < -0.4 is 10.0 Å². The number of rotatable bonds is 7. The van der Waals surface area contributed by atoms with Gasteiger partial charge in [0.05, 0.1) is 16.0 Å². The summed E-state index contributed by atoms with van der Waals surface area (Å²) in [6.45, 7) is 1.29. The maximum Gasteiger partial charge on any atom is 0.396 e. The number of aromatic nitrogens is 2. The van der Waals surface area contributed by atoms with Crippen molar-refractivity contribution in [3.63, 3.8) is 0 Å². The fourth-order valence-corrected chi connectivity index (χ4v) is 5.17. The predicted octanol–water partition coefficient (Wildman–Crippen LogP) is 5.08. The molecule has 0 spiro atoms. The standard InChI is InChI=1S/C21H20ClF3N4O2S/c1-13(15-6-2-4-14-5-3-11-26-18(14)15)29-32(30,31)19-16(22)7-8-17(28-19)27-12-20(9-10-20)21(23,24)25/h2-8,11,13,29H,9-10,12H2,1H3,(H,27,28). The molecule has 2 aromatic heterocycles. The summed E-state index contributed by atoms with van der Waals surface area (Å²) in [7, 11) is -4.18. The van der Waals surface area contributed by atoms with Crippen molar-refractivity contribution in [3.8, 4) is 0 Å². The molecular weight excluding hydrogens is 465 g/mol. The summed E-state index contributed by atoms with van der Waals surface area (Å²) >= 11 is 6.08. The molecule has 0 bridgehead atoms. The predicted molar refractivity (Wildman–Crippen MR) is 116 cm³/mol. The lowest BCUT2D eigenvalue weighted by molar-refractivity contribution is -0.182. The highest BCUT2D eigenvalue weighted by Gasteiger charge is 2.62. The van der Waals surface area contributed by atoms with Gasteiger partial charge in [0.2, 0.25) is 0 Å². The minimum absolute atomic E-state index is 0.00443. The Hall–Kier alpha value is -2.43. The lowest BCUT2D eigenvalue weighted by atomic mass is 10.1. The molecule has 3 aromatic rings. The van der Waals surface area contributed by atoms with Crippen molar-refractivity contribution in [2.75, 3.05) is 11.9 Å². The van der Waals surface area contributed by atoms with E-state index in [0.29, 0.717) is 11.1 Å². The van der Waals surface area contributed by atoms with E-state index in [1.807, 2.05) is 12.1 Å². The van der Waals surface area contributed by atoms with Crippen LogP contribution >= 0.6 is 11.6 Å². The third-order valence-corrected chi connectivity index (χ3v) is 7.49. The minimum atomic E-state index is -4.33. The molecular formula is C21H20ClF3N4O2S. The van der Waals surface area contributed by atoms with Gasteiger partial charge in [-0.3, -0.25) is 4.98 Å². The van der Waals surface area contributed by atoms with E-state index in [2.05, 4.69) is 20.0 Å². The van der Waals surface area contributed by atoms with Gasteiger partial charge in [0.25, 0.3) is 10.0 Å². The first-order valence-electron chi connectivity index (χ1n) is 9.86. The van der Waals surface area contributed by atoms with Crippen LogP contribution in [0.25, 0.3) is 10.9 Å². The van der Waals surface area contributed by atoms with Gasteiger partial charge >= 0.3 is 6.18 Å². The van der Waals surface area contributed by atoms with Crippen molar-refractivity contribution in [1.82, 2.24) is 14.7 Å². The average Bonchev–Trinajstić information content (AvgIpc) is 3.53. The Morgan fingerprint density at radius 3 is 2.56 bits per heavy atom. The summed E-state index contributed by atoms with van der Waals surface area (Å²) in [6.07, 6.45) is -2.65. The van der Waals surface area contributed by atoms with Gasteiger partial charge in [0.15, 0.2) is 5.03 Å². The number of halogens is 4. The topological polar surface area (TPSA) is 84.0 Å². The molecule has 1 atom stereocenters. The first kappa shape index (κ1) is 22.8. The van der Waals surface area contributed by atoms with Crippen LogP contribution in [0.4, 0.5) is 19.0 Å². The van der Waals surface area contributed by atoms with Crippen LogP contribution in [0.1, 0.15) is 31.4 Å². The zero-order valence-corrected chi connectivity index (χ0v) is 18.5. The Bertz CT molecular complexity index is 1260. The van der Waals surface area contributed by atoms with Crippen LogP contribution in [0.5, 0.6) is 0 Å². The van der Waals surface area contributed by atoms with E-state index in [-0.39, 0.29) is 30.2 Å². The van der Waals surface area contributed by atoms with Crippen LogP contribution in [-0.2, 0) is 10.0 Å². The SMILES string of the molecule is CC(NS(=O)(=O)c1nc(NCC2(C(F)(F)F)CC2)ccc1Cl)c1cccc2cccnc12. The van der Waals surface area contributed by atoms with Crippen molar-refractivity contribution in [1.29, 1.82) is 0 Å². The van der Waals surface area contributed by atoms with Crippen molar-refractivity contribution in [2.24, 2.45) is 5.41 Å². The van der Waals surface area contributed by atoms with E-state index in [0.717, 1.165) is 5.39 Å². The molecule has 1 unspecified atom stereocenters. The summed E-state index contributed by atoms with van der Waals surface area (Å²) in [5, 5.41) is 2.88. The van der Waals surface area contributed by atoms with E-state index < -0.39 is 32.7 Å². The molecule has 1 saturated carbocycles. The van der Waals surface area contributed by atoms with Gasteiger partial charge in [-0.15, -0.1) is 0 Å². The number of alkyl halides is 3. The number of pyridine rings is 2. The highest BCUT2D eigenvalue weighted by Crippen LogP contribution is 2.57. The van der Waals surface area contributed by atoms with Crippen LogP contribution in [0.15, 0.2) is 53.7 Å². The van der Waals surface area contributed by atoms with Crippen molar-refractivity contribution >= 4 is 38.3 Å². The second-order valence-corrected chi connectivity index (χ2v) is 9.92. The normalized spacial score (nSPS) is 16.7. The van der Waals surface area contributed by atoms with Gasteiger partial charge < -0.3 is 5.32 Å². The molecule has 0 radical (unpaired) electrons. The number of anilines is 1. The van der Waals surface area contributed by atoms with Gasteiger partial charge in [-0.25, -0.2) is 18.1 Å². The van der Waals surface area contributed by atoms with Gasteiger partial charge in [0, 0.05) is 24.2 Å². The summed E-state index contributed by atoms with van der Waals surface area (Å²) in [5.41, 5.74) is -0.471. The Morgan fingerprint density at radius 2 is 1.88 bits per heavy atom. The summed E-state index contributed by atoms with van der Waals surface area (Å²) in [4.78, 5) is 8.32. The molecule has 0 aliphatic heterocycles. The number of para-hydroxylation sites is 1. The fourth-order valence-electron chi connectivity index (χ4n) is 3.51. The van der Waals surface area contributed by atoms with Crippen molar-refractivity contribution in [2.45, 2.75) is 37.0 Å². The van der Waals surface area contributed by atoms with E-state index in [1.54, 1.807) is 31.3 Å². The Labute approximate surface area is 188 Å². The number of sulfonamides is 1. The molecule has 2 heterocycles. The number of hydrogen-bond donors (Lipinski definition) is 2. The highest BCUT2D eigenvalue weighted by molar-refractivity contribution is 7.89. The maximum absolute atomic E-state index is 13.2. The molecule has 170 valence electrons. The molecule has 4 rings (SSSR count). The number of nitrogens with one attached hydrogen (secondary N) is 2. The third-order valence-electron chi connectivity index (χ3n) is 5.59. The monoisotopic (exact) mass is 484 g/mol. The first-order chi connectivity index (χ1) is 15.0. The number of hydrogen-bond acceptors (Lipinski definition) is 5. The highest BCUT2D eigenvalue weighted by atomic mass is 35.5. The fraction of sp³-hybridized carbons (Fsp3) is 0.333. The van der Waals surface area contributed by atoms with Crippen LogP contribution in [0, 0.1) is 5.41 Å². The second-order valence-electron chi connectivity index (χ2n) is 7.88. The molecule has 11 heteroatoms. The number of nitrogens with zero attached hydrogens (tertiary/aromatic N) is 2. The molecule has 1 fully saturated rings. The van der Waals surface area contributed by atoms with Gasteiger partial charge in [-0.2, -0.15) is 13.2 Å². The van der Waals surface area contributed by atoms with Crippen molar-refractivity contribution < 1.29 is 21.6 Å². The molecule has 6 nitrogen and oxygen atoms in total. The second kappa shape index (κ2) is 8.17. The lowest BCUT2D eigenvalue weighted by Crippen LogP contribution is -2.32. The number of fused-ring (bicyclic) bond motifs is 1. The van der Waals surface area contributed by atoms with Crippen LogP contribution in [0.3, 0.4) is 0 Å². The van der Waals surface area contributed by atoms with Gasteiger partial charge in [-0.05, 0) is 43.5 Å². The summed E-state index contributed by atoms with van der Waals surface area (Å²) in [6, 6.07) is 11.1. The average molecular weight is 485 g/mol. The zero-order chi connectivity index (χ0) is 23.1. The quantitative estimate of drug-likeness (QED) is 0.488. The van der Waals surface area contributed by atoms with E-state index >= 15 is 0 Å². The molecule has 32 heavy (non-hydrogen) atoms. The maximum atomic E-state index is 13.2. The van der Waals surface area contributed by atoms with Crippen LogP contribution in [0.2, 0.25) is 5.02 Å². The third kappa shape index (κ3) is 4.39. The summed E-state index contributed by atoms with van der Waals surface area (Å²) < 4.78 is 68.0. The zero-order valence-electron chi connectivity index (χ0n) is 16.9. The first-order valence-corrected chi connectivity index (χ1v) is 11.7. The minimum Gasteiger partial charge on any atom is -0.369 e. The van der Waals surface area contributed by atoms with Crippen LogP contribution in [-0.4, -0.2) is 31.1 Å². The molecule has 0 amide bonds. The molecule has 2 N–H and O–H groups in total. The number of benzene rings is 1. The molecule has 1 aliphatic rings. The van der Waals surface area contributed by atoms with E-state index in [4.69, 9.17) is 11.6 Å². The largest absolute Gasteiger partial charge is 0.396 e. The smallest absolute Gasteiger partial charge is 0.369 e. The Kier molecular flexibility index (Phi) is 5.81. The molecule has 1 aliphatic carbocycles. The Morgan fingerprint density at radius 1 is 1.16 bits per heavy atom. The molecule has 0 saturated heterocycles. The molecule has 1 aromatic carbocycles. The van der Waals surface area contributed by atoms with Crippen molar-refractivity contribution in [3.05, 3.63) is 59.2 Å². The van der Waals surface area contributed by atoms with Gasteiger partial charge in [0.1, 0.15) is 5.82 Å².